The van der Waals surface area contributed by atoms with E-state index < -0.39 is 0 Å². The standard InChI is InChI=1S/C27H29FN2O3/c1-3-16-29(27(32)25(4-2)22-9-6-5-7-10-22)20-26(31)30(19-24-11-8-17-33-24)18-21-12-14-23(28)15-13-21/h3,5-15,17,25H,1,4,16,18-20H2,2H3. The summed E-state index contributed by atoms with van der Waals surface area (Å²) in [5.74, 6) is -0.389. The molecule has 0 aliphatic heterocycles. The lowest BCUT2D eigenvalue weighted by Crippen LogP contribution is -2.44. The summed E-state index contributed by atoms with van der Waals surface area (Å²) in [6.45, 7) is 6.41. The van der Waals surface area contributed by atoms with E-state index in [1.165, 1.54) is 17.0 Å². The first-order valence-corrected chi connectivity index (χ1v) is 11.0. The number of benzene rings is 2. The zero-order valence-electron chi connectivity index (χ0n) is 18.8. The molecule has 3 rings (SSSR count). The molecule has 1 heterocycles. The monoisotopic (exact) mass is 448 g/mol. The molecule has 33 heavy (non-hydrogen) atoms. The number of hydrogen-bond acceptors (Lipinski definition) is 3. The van der Waals surface area contributed by atoms with Crippen LogP contribution in [0.5, 0.6) is 0 Å². The maximum atomic E-state index is 13.4. The first kappa shape index (κ1) is 24.0. The van der Waals surface area contributed by atoms with E-state index in [-0.39, 0.29) is 49.7 Å². The maximum absolute atomic E-state index is 13.4. The molecule has 0 fully saturated rings. The molecule has 0 saturated heterocycles. The van der Waals surface area contributed by atoms with Crippen LogP contribution in [0.1, 0.15) is 36.1 Å². The Labute approximate surface area is 194 Å². The van der Waals surface area contributed by atoms with Crippen LogP contribution in [0.2, 0.25) is 0 Å². The van der Waals surface area contributed by atoms with Crippen molar-refractivity contribution in [3.63, 3.8) is 0 Å². The van der Waals surface area contributed by atoms with Crippen LogP contribution >= 0.6 is 0 Å². The second-order valence-corrected chi connectivity index (χ2v) is 7.83. The molecule has 0 N–H and O–H groups in total. The molecule has 5 nitrogen and oxygen atoms in total. The highest BCUT2D eigenvalue weighted by atomic mass is 19.1. The van der Waals surface area contributed by atoms with Gasteiger partial charge in [0.05, 0.1) is 18.7 Å². The lowest BCUT2D eigenvalue weighted by molar-refractivity contribution is -0.141. The van der Waals surface area contributed by atoms with E-state index in [4.69, 9.17) is 4.42 Å². The minimum Gasteiger partial charge on any atom is -0.467 e. The first-order chi connectivity index (χ1) is 16.0. The van der Waals surface area contributed by atoms with Gasteiger partial charge >= 0.3 is 0 Å². The largest absolute Gasteiger partial charge is 0.467 e. The molecule has 0 aliphatic carbocycles. The lowest BCUT2D eigenvalue weighted by Gasteiger charge is -2.29. The number of amides is 2. The summed E-state index contributed by atoms with van der Waals surface area (Å²) in [5, 5.41) is 0. The fraction of sp³-hybridized carbons (Fsp3) is 0.259. The summed E-state index contributed by atoms with van der Waals surface area (Å²) in [6.07, 6.45) is 3.80. The van der Waals surface area contributed by atoms with Gasteiger partial charge in [0.15, 0.2) is 0 Å². The average molecular weight is 449 g/mol. The first-order valence-electron chi connectivity index (χ1n) is 11.0. The molecule has 2 amide bonds. The number of nitrogens with zero attached hydrogens (tertiary/aromatic N) is 2. The van der Waals surface area contributed by atoms with Gasteiger partial charge in [-0.15, -0.1) is 6.58 Å². The Morgan fingerprint density at radius 2 is 1.73 bits per heavy atom. The van der Waals surface area contributed by atoms with E-state index >= 15 is 0 Å². The molecule has 6 heteroatoms. The molecular weight excluding hydrogens is 419 g/mol. The summed E-state index contributed by atoms with van der Waals surface area (Å²) in [6, 6.07) is 19.1. The number of furan rings is 1. The SMILES string of the molecule is C=CCN(CC(=O)N(Cc1ccc(F)cc1)Cc1ccco1)C(=O)C(CC)c1ccccc1. The summed E-state index contributed by atoms with van der Waals surface area (Å²) in [7, 11) is 0. The van der Waals surface area contributed by atoms with Crippen molar-refractivity contribution >= 4 is 11.8 Å². The van der Waals surface area contributed by atoms with Crippen molar-refractivity contribution in [1.29, 1.82) is 0 Å². The van der Waals surface area contributed by atoms with E-state index in [0.717, 1.165) is 11.1 Å². The Bertz CT molecular complexity index is 1030. The minimum absolute atomic E-state index is 0.0872. The Kier molecular flexibility index (Phi) is 8.58. The average Bonchev–Trinajstić information content (AvgIpc) is 3.34. The normalized spacial score (nSPS) is 11.6. The predicted molar refractivity (Wildman–Crippen MR) is 126 cm³/mol. The van der Waals surface area contributed by atoms with Crippen molar-refractivity contribution in [1.82, 2.24) is 9.80 Å². The number of rotatable bonds is 11. The van der Waals surface area contributed by atoms with E-state index in [9.17, 15) is 14.0 Å². The van der Waals surface area contributed by atoms with Gasteiger partial charge in [0.1, 0.15) is 18.1 Å². The minimum atomic E-state index is -0.338. The molecule has 0 bridgehead atoms. The summed E-state index contributed by atoms with van der Waals surface area (Å²) in [4.78, 5) is 29.9. The van der Waals surface area contributed by atoms with Gasteiger partial charge in [-0.05, 0) is 41.8 Å². The zero-order valence-corrected chi connectivity index (χ0v) is 18.8. The molecule has 172 valence electrons. The second-order valence-electron chi connectivity index (χ2n) is 7.83. The van der Waals surface area contributed by atoms with Crippen molar-refractivity contribution in [2.45, 2.75) is 32.4 Å². The van der Waals surface area contributed by atoms with Gasteiger partial charge in [-0.3, -0.25) is 9.59 Å². The quantitative estimate of drug-likeness (QED) is 0.381. The van der Waals surface area contributed by atoms with Crippen molar-refractivity contribution in [2.75, 3.05) is 13.1 Å². The maximum Gasteiger partial charge on any atom is 0.242 e. The molecule has 0 radical (unpaired) electrons. The van der Waals surface area contributed by atoms with Crippen molar-refractivity contribution in [2.24, 2.45) is 0 Å². The molecule has 1 aromatic heterocycles. The van der Waals surface area contributed by atoms with Gasteiger partial charge in [0, 0.05) is 13.1 Å². The Hall–Kier alpha value is -3.67. The molecule has 1 atom stereocenters. The number of halogens is 1. The third kappa shape index (κ3) is 6.65. The van der Waals surface area contributed by atoms with Gasteiger partial charge in [0.2, 0.25) is 11.8 Å². The fourth-order valence-corrected chi connectivity index (χ4v) is 3.74. The third-order valence-electron chi connectivity index (χ3n) is 5.46. The Balaban J connectivity index is 1.79. The zero-order chi connectivity index (χ0) is 23.6. The molecule has 2 aromatic carbocycles. The smallest absolute Gasteiger partial charge is 0.242 e. The third-order valence-corrected chi connectivity index (χ3v) is 5.46. The van der Waals surface area contributed by atoms with Crippen molar-refractivity contribution in [3.8, 4) is 0 Å². The van der Waals surface area contributed by atoms with Crippen LogP contribution in [0.3, 0.4) is 0 Å². The second kappa shape index (κ2) is 11.8. The van der Waals surface area contributed by atoms with Crippen molar-refractivity contribution in [3.05, 3.63) is 108 Å². The molecule has 3 aromatic rings. The van der Waals surface area contributed by atoms with Gasteiger partial charge < -0.3 is 14.2 Å². The highest BCUT2D eigenvalue weighted by molar-refractivity contribution is 5.88. The van der Waals surface area contributed by atoms with Crippen LogP contribution in [-0.4, -0.2) is 34.7 Å². The van der Waals surface area contributed by atoms with E-state index in [2.05, 4.69) is 6.58 Å². The Morgan fingerprint density at radius 3 is 2.33 bits per heavy atom. The highest BCUT2D eigenvalue weighted by Crippen LogP contribution is 2.22. The van der Waals surface area contributed by atoms with Gasteiger partial charge in [0.25, 0.3) is 0 Å². The number of carbonyl (C=O) groups is 2. The Morgan fingerprint density at radius 1 is 1.00 bits per heavy atom. The van der Waals surface area contributed by atoms with Crippen molar-refractivity contribution < 1.29 is 18.4 Å². The summed E-state index contributed by atoms with van der Waals surface area (Å²) in [5.41, 5.74) is 1.71. The van der Waals surface area contributed by atoms with Gasteiger partial charge in [-0.2, -0.15) is 0 Å². The van der Waals surface area contributed by atoms with Gasteiger partial charge in [-0.25, -0.2) is 4.39 Å². The number of hydrogen-bond donors (Lipinski definition) is 0. The fourth-order valence-electron chi connectivity index (χ4n) is 3.74. The highest BCUT2D eigenvalue weighted by Gasteiger charge is 2.27. The van der Waals surface area contributed by atoms with Crippen LogP contribution in [0.4, 0.5) is 4.39 Å². The van der Waals surface area contributed by atoms with Crippen LogP contribution in [-0.2, 0) is 22.7 Å². The number of carbonyl (C=O) groups excluding carboxylic acids is 2. The molecule has 0 aliphatic rings. The summed E-state index contributed by atoms with van der Waals surface area (Å²) >= 11 is 0. The van der Waals surface area contributed by atoms with Crippen LogP contribution in [0, 0.1) is 5.82 Å². The molecule has 0 spiro atoms. The van der Waals surface area contributed by atoms with E-state index in [1.54, 1.807) is 41.5 Å². The van der Waals surface area contributed by atoms with Crippen LogP contribution in [0.25, 0.3) is 0 Å². The molecule has 0 saturated carbocycles. The topological polar surface area (TPSA) is 53.8 Å². The van der Waals surface area contributed by atoms with E-state index in [0.29, 0.717) is 12.2 Å². The van der Waals surface area contributed by atoms with E-state index in [1.807, 2.05) is 37.3 Å². The summed E-state index contributed by atoms with van der Waals surface area (Å²) < 4.78 is 18.8. The predicted octanol–water partition coefficient (Wildman–Crippen LogP) is 5.16. The molecule has 1 unspecified atom stereocenters. The van der Waals surface area contributed by atoms with Gasteiger partial charge in [-0.1, -0.05) is 55.5 Å². The molecular formula is C27H29FN2O3. The van der Waals surface area contributed by atoms with Crippen LogP contribution in [0.15, 0.2) is 90.1 Å². The lowest BCUT2D eigenvalue weighted by atomic mass is 9.95. The van der Waals surface area contributed by atoms with Crippen LogP contribution < -0.4 is 0 Å².